The predicted molar refractivity (Wildman–Crippen MR) is 80.6 cm³/mol. The Kier molecular flexibility index (Phi) is 2.83. The fourth-order valence-corrected chi connectivity index (χ4v) is 2.18. The molecule has 0 aliphatic heterocycles. The van der Waals surface area contributed by atoms with Gasteiger partial charge in [-0.05, 0) is 11.0 Å². The number of benzene rings is 1. The third-order valence-corrected chi connectivity index (χ3v) is 3.39. The van der Waals surface area contributed by atoms with E-state index in [-0.39, 0.29) is 11.0 Å². The number of fused-ring (bicyclic) bond motifs is 1. The maximum absolute atomic E-state index is 11.9. The van der Waals surface area contributed by atoms with Crippen molar-refractivity contribution >= 4 is 5.65 Å². The fourth-order valence-electron chi connectivity index (χ4n) is 2.18. The van der Waals surface area contributed by atoms with E-state index in [0.717, 1.165) is 10.1 Å². The van der Waals surface area contributed by atoms with Crippen molar-refractivity contribution in [1.82, 2.24) is 19.6 Å². The van der Waals surface area contributed by atoms with Crippen molar-refractivity contribution in [2.45, 2.75) is 26.2 Å². The highest BCUT2D eigenvalue weighted by atomic mass is 16.2. The molecule has 0 unspecified atom stereocenters. The van der Waals surface area contributed by atoms with Crippen LogP contribution in [0.25, 0.3) is 17.0 Å². The minimum Gasteiger partial charge on any atom is -0.290 e. The average Bonchev–Trinajstić information content (AvgIpc) is 2.79. The first-order valence-corrected chi connectivity index (χ1v) is 6.67. The Morgan fingerprint density at radius 1 is 1.10 bits per heavy atom. The molecule has 0 aliphatic rings. The lowest BCUT2D eigenvalue weighted by molar-refractivity contribution is 0.590. The van der Waals surface area contributed by atoms with Crippen molar-refractivity contribution in [3.8, 4) is 11.4 Å². The van der Waals surface area contributed by atoms with Crippen LogP contribution in [0.1, 0.15) is 26.3 Å². The van der Waals surface area contributed by atoms with Crippen LogP contribution in [0.4, 0.5) is 0 Å². The zero-order valence-electron chi connectivity index (χ0n) is 12.1. The maximum Gasteiger partial charge on any atom is 0.347 e. The predicted octanol–water partition coefficient (Wildman–Crippen LogP) is 1.68. The van der Waals surface area contributed by atoms with Gasteiger partial charge in [0.1, 0.15) is 5.82 Å². The molecule has 0 saturated carbocycles. The third-order valence-electron chi connectivity index (χ3n) is 3.39. The van der Waals surface area contributed by atoms with E-state index in [9.17, 15) is 9.59 Å². The Labute approximate surface area is 120 Å². The molecule has 108 valence electrons. The van der Waals surface area contributed by atoms with Crippen molar-refractivity contribution in [3.63, 3.8) is 0 Å². The summed E-state index contributed by atoms with van der Waals surface area (Å²) in [7, 11) is 0. The van der Waals surface area contributed by atoms with Gasteiger partial charge in [-0.15, -0.1) is 0 Å². The second-order valence-corrected chi connectivity index (χ2v) is 6.03. The Bertz CT molecular complexity index is 908. The lowest BCUT2D eigenvalue weighted by Crippen LogP contribution is -2.20. The van der Waals surface area contributed by atoms with Gasteiger partial charge in [-0.1, -0.05) is 45.0 Å². The molecule has 2 N–H and O–H groups in total. The number of rotatable bonds is 1. The SMILES string of the molecule is CC(C)(C)c1ccc(-c2nc3cc(=O)[nH]n3c(=O)[nH]2)cc1. The highest BCUT2D eigenvalue weighted by Gasteiger charge is 2.14. The standard InChI is InChI=1S/C15H16N4O2/c1-15(2,3)10-6-4-9(5-7-10)13-16-11-8-12(20)18-19(11)14(21)17-13/h4-8H,1-3H3,(H,18,20)(H,16,17,21). The van der Waals surface area contributed by atoms with Gasteiger partial charge in [0.05, 0.1) is 0 Å². The Morgan fingerprint density at radius 2 is 1.76 bits per heavy atom. The van der Waals surface area contributed by atoms with E-state index >= 15 is 0 Å². The molecule has 6 heteroatoms. The van der Waals surface area contributed by atoms with Crippen LogP contribution in [0.2, 0.25) is 0 Å². The minimum absolute atomic E-state index is 0.0667. The quantitative estimate of drug-likeness (QED) is 0.713. The van der Waals surface area contributed by atoms with Gasteiger partial charge in [0.15, 0.2) is 5.65 Å². The molecule has 3 aromatic rings. The largest absolute Gasteiger partial charge is 0.347 e. The summed E-state index contributed by atoms with van der Waals surface area (Å²) in [6.07, 6.45) is 0. The second kappa shape index (κ2) is 4.44. The van der Waals surface area contributed by atoms with E-state index in [4.69, 9.17) is 0 Å². The number of H-pyrrole nitrogens is 2. The van der Waals surface area contributed by atoms with Crippen LogP contribution in [0, 0.1) is 0 Å². The molecule has 0 bridgehead atoms. The summed E-state index contributed by atoms with van der Waals surface area (Å²) in [5.41, 5.74) is 1.60. The lowest BCUT2D eigenvalue weighted by atomic mass is 9.87. The summed E-state index contributed by atoms with van der Waals surface area (Å²) in [6.45, 7) is 6.42. The molecule has 0 fully saturated rings. The van der Waals surface area contributed by atoms with Crippen LogP contribution in [-0.2, 0) is 5.41 Å². The Morgan fingerprint density at radius 3 is 2.38 bits per heavy atom. The molecule has 2 heterocycles. The first-order chi connectivity index (χ1) is 9.84. The highest BCUT2D eigenvalue weighted by molar-refractivity contribution is 5.57. The van der Waals surface area contributed by atoms with Gasteiger partial charge < -0.3 is 0 Å². The topological polar surface area (TPSA) is 83.0 Å². The highest BCUT2D eigenvalue weighted by Crippen LogP contribution is 2.24. The van der Waals surface area contributed by atoms with E-state index in [2.05, 4.69) is 35.8 Å². The molecule has 1 aromatic carbocycles. The number of nitrogens with zero attached hydrogens (tertiary/aromatic N) is 2. The monoisotopic (exact) mass is 284 g/mol. The summed E-state index contributed by atoms with van der Waals surface area (Å²) in [5.74, 6) is 0.444. The minimum atomic E-state index is -0.419. The van der Waals surface area contributed by atoms with E-state index in [1.807, 2.05) is 24.3 Å². The number of nitrogens with one attached hydrogen (secondary N) is 2. The molecule has 0 aliphatic carbocycles. The fraction of sp³-hybridized carbons (Fsp3) is 0.267. The van der Waals surface area contributed by atoms with E-state index in [1.54, 1.807) is 0 Å². The van der Waals surface area contributed by atoms with E-state index in [0.29, 0.717) is 11.5 Å². The van der Waals surface area contributed by atoms with Gasteiger partial charge >= 0.3 is 5.69 Å². The van der Waals surface area contributed by atoms with Crippen LogP contribution in [0.15, 0.2) is 39.9 Å². The molecular formula is C15H16N4O2. The van der Waals surface area contributed by atoms with Gasteiger partial charge in [-0.2, -0.15) is 4.52 Å². The zero-order chi connectivity index (χ0) is 15.2. The van der Waals surface area contributed by atoms with Gasteiger partial charge in [0.2, 0.25) is 0 Å². The summed E-state index contributed by atoms with van der Waals surface area (Å²) in [4.78, 5) is 30.1. The van der Waals surface area contributed by atoms with Gasteiger partial charge in [-0.25, -0.2) is 9.78 Å². The van der Waals surface area contributed by atoms with E-state index in [1.165, 1.54) is 11.6 Å². The van der Waals surface area contributed by atoms with Crippen LogP contribution in [0.3, 0.4) is 0 Å². The lowest BCUT2D eigenvalue weighted by Gasteiger charge is -2.19. The van der Waals surface area contributed by atoms with Crippen LogP contribution in [0.5, 0.6) is 0 Å². The molecule has 21 heavy (non-hydrogen) atoms. The average molecular weight is 284 g/mol. The van der Waals surface area contributed by atoms with E-state index < -0.39 is 5.69 Å². The summed E-state index contributed by atoms with van der Waals surface area (Å²) >= 11 is 0. The molecule has 0 spiro atoms. The smallest absolute Gasteiger partial charge is 0.290 e. The van der Waals surface area contributed by atoms with Gasteiger partial charge in [0.25, 0.3) is 5.56 Å². The molecule has 0 atom stereocenters. The Balaban J connectivity index is 2.12. The number of aromatic nitrogens is 4. The zero-order valence-corrected chi connectivity index (χ0v) is 12.1. The number of aromatic amines is 2. The first-order valence-electron chi connectivity index (χ1n) is 6.67. The molecule has 0 amide bonds. The van der Waals surface area contributed by atoms with Crippen LogP contribution < -0.4 is 11.2 Å². The second-order valence-electron chi connectivity index (χ2n) is 6.03. The summed E-state index contributed by atoms with van der Waals surface area (Å²) in [5, 5.41) is 2.39. The Hall–Kier alpha value is -2.63. The van der Waals surface area contributed by atoms with Gasteiger partial charge in [0, 0.05) is 11.6 Å². The molecule has 2 aromatic heterocycles. The van der Waals surface area contributed by atoms with Crippen molar-refractivity contribution in [2.75, 3.05) is 0 Å². The summed E-state index contributed by atoms with van der Waals surface area (Å²) < 4.78 is 1.09. The van der Waals surface area contributed by atoms with Crippen molar-refractivity contribution in [3.05, 3.63) is 56.7 Å². The first kappa shape index (κ1) is 13.4. The molecule has 0 radical (unpaired) electrons. The maximum atomic E-state index is 11.9. The van der Waals surface area contributed by atoms with Crippen molar-refractivity contribution in [1.29, 1.82) is 0 Å². The van der Waals surface area contributed by atoms with Gasteiger partial charge in [-0.3, -0.25) is 14.9 Å². The van der Waals surface area contributed by atoms with Crippen molar-refractivity contribution < 1.29 is 0 Å². The van der Waals surface area contributed by atoms with Crippen LogP contribution >= 0.6 is 0 Å². The molecule has 6 nitrogen and oxygen atoms in total. The molecule has 0 saturated heterocycles. The molecular weight excluding hydrogens is 268 g/mol. The number of hydrogen-bond acceptors (Lipinski definition) is 3. The van der Waals surface area contributed by atoms with Crippen molar-refractivity contribution in [2.24, 2.45) is 0 Å². The third kappa shape index (κ3) is 2.40. The normalized spacial score (nSPS) is 12.0. The summed E-state index contributed by atoms with van der Waals surface area (Å²) in [6, 6.07) is 9.16. The molecule has 3 rings (SSSR count). The number of hydrogen-bond donors (Lipinski definition) is 2. The van der Waals surface area contributed by atoms with Crippen LogP contribution in [-0.4, -0.2) is 19.6 Å².